The largest absolute Gasteiger partial charge is 0.507 e. The summed E-state index contributed by atoms with van der Waals surface area (Å²) >= 11 is 0. The van der Waals surface area contributed by atoms with Gasteiger partial charge in [0.1, 0.15) is 11.5 Å². The zero-order chi connectivity index (χ0) is 16.6. The lowest BCUT2D eigenvalue weighted by Crippen LogP contribution is -2.20. The SMILES string of the molecule is CCc1c(OC(C)=O)cc(C(C)(C)C)c(O)c1C(C)(C)C. The van der Waals surface area contributed by atoms with E-state index < -0.39 is 0 Å². The molecule has 0 aliphatic heterocycles. The first-order chi connectivity index (χ1) is 9.39. The summed E-state index contributed by atoms with van der Waals surface area (Å²) in [5, 5.41) is 10.8. The van der Waals surface area contributed by atoms with Gasteiger partial charge in [0.2, 0.25) is 0 Å². The first-order valence-electron chi connectivity index (χ1n) is 7.47. The molecule has 0 atom stereocenters. The Morgan fingerprint density at radius 1 is 1.14 bits per heavy atom. The van der Waals surface area contributed by atoms with Gasteiger partial charge in [-0.15, -0.1) is 0 Å². The van der Waals surface area contributed by atoms with E-state index in [-0.39, 0.29) is 16.8 Å². The average molecular weight is 292 g/mol. The van der Waals surface area contributed by atoms with Crippen LogP contribution in [0.5, 0.6) is 11.5 Å². The van der Waals surface area contributed by atoms with Crippen LogP contribution >= 0.6 is 0 Å². The molecular weight excluding hydrogens is 264 g/mol. The highest BCUT2D eigenvalue weighted by molar-refractivity contribution is 5.71. The zero-order valence-corrected chi connectivity index (χ0v) is 14.5. The Labute approximate surface area is 128 Å². The minimum atomic E-state index is -0.338. The predicted molar refractivity (Wildman–Crippen MR) is 86.2 cm³/mol. The van der Waals surface area contributed by atoms with Crippen molar-refractivity contribution in [2.45, 2.75) is 72.6 Å². The van der Waals surface area contributed by atoms with Gasteiger partial charge in [0.15, 0.2) is 0 Å². The predicted octanol–water partition coefficient (Wildman–Crippen LogP) is 4.47. The molecule has 3 heteroatoms. The summed E-state index contributed by atoms with van der Waals surface area (Å²) in [6.45, 7) is 15.7. The van der Waals surface area contributed by atoms with E-state index >= 15 is 0 Å². The molecule has 21 heavy (non-hydrogen) atoms. The molecule has 1 aromatic carbocycles. The molecule has 0 spiro atoms. The molecule has 0 aromatic heterocycles. The molecule has 0 heterocycles. The van der Waals surface area contributed by atoms with Gasteiger partial charge in [-0.25, -0.2) is 0 Å². The Morgan fingerprint density at radius 3 is 2.00 bits per heavy atom. The van der Waals surface area contributed by atoms with Gasteiger partial charge < -0.3 is 9.84 Å². The third kappa shape index (κ3) is 3.78. The molecule has 0 bridgehead atoms. The maximum atomic E-state index is 11.4. The minimum Gasteiger partial charge on any atom is -0.507 e. The smallest absolute Gasteiger partial charge is 0.308 e. The van der Waals surface area contributed by atoms with E-state index in [1.165, 1.54) is 6.92 Å². The van der Waals surface area contributed by atoms with Crippen molar-refractivity contribution in [3.8, 4) is 11.5 Å². The van der Waals surface area contributed by atoms with Crippen molar-refractivity contribution >= 4 is 5.97 Å². The van der Waals surface area contributed by atoms with E-state index in [1.54, 1.807) is 0 Å². The van der Waals surface area contributed by atoms with Crippen LogP contribution in [-0.2, 0) is 22.0 Å². The molecule has 0 saturated carbocycles. The van der Waals surface area contributed by atoms with Crippen LogP contribution in [0.25, 0.3) is 0 Å². The lowest BCUT2D eigenvalue weighted by Gasteiger charge is -2.30. The van der Waals surface area contributed by atoms with E-state index in [0.29, 0.717) is 17.9 Å². The number of esters is 1. The van der Waals surface area contributed by atoms with Gasteiger partial charge in [0, 0.05) is 23.6 Å². The van der Waals surface area contributed by atoms with Gasteiger partial charge in [-0.3, -0.25) is 4.79 Å². The summed E-state index contributed by atoms with van der Waals surface area (Å²) in [5.41, 5.74) is 2.12. The summed E-state index contributed by atoms with van der Waals surface area (Å²) < 4.78 is 5.41. The Balaban J connectivity index is 3.78. The Bertz CT molecular complexity index is 543. The van der Waals surface area contributed by atoms with Gasteiger partial charge in [-0.2, -0.15) is 0 Å². The fraction of sp³-hybridized carbons (Fsp3) is 0.611. The summed E-state index contributed by atoms with van der Waals surface area (Å²) in [4.78, 5) is 11.4. The maximum Gasteiger partial charge on any atom is 0.308 e. The van der Waals surface area contributed by atoms with Crippen LogP contribution in [0.1, 0.15) is 72.1 Å². The first kappa shape index (κ1) is 17.5. The minimum absolute atomic E-state index is 0.231. The Morgan fingerprint density at radius 2 is 1.67 bits per heavy atom. The van der Waals surface area contributed by atoms with Crippen molar-refractivity contribution in [3.63, 3.8) is 0 Å². The molecule has 3 nitrogen and oxygen atoms in total. The van der Waals surface area contributed by atoms with E-state index in [0.717, 1.165) is 16.7 Å². The highest BCUT2D eigenvalue weighted by atomic mass is 16.5. The van der Waals surface area contributed by atoms with Crippen LogP contribution in [0, 0.1) is 0 Å². The van der Waals surface area contributed by atoms with Crippen molar-refractivity contribution in [2.24, 2.45) is 0 Å². The summed E-state index contributed by atoms with van der Waals surface area (Å²) in [6, 6.07) is 1.81. The molecule has 1 aromatic rings. The van der Waals surface area contributed by atoms with E-state index in [2.05, 4.69) is 20.8 Å². The highest BCUT2D eigenvalue weighted by Crippen LogP contribution is 2.45. The second kappa shape index (κ2) is 5.70. The Hall–Kier alpha value is -1.51. The Kier molecular flexibility index (Phi) is 4.76. The molecule has 118 valence electrons. The van der Waals surface area contributed by atoms with Crippen LogP contribution in [-0.4, -0.2) is 11.1 Å². The molecule has 0 aliphatic carbocycles. The van der Waals surface area contributed by atoms with Crippen molar-refractivity contribution in [2.75, 3.05) is 0 Å². The molecule has 0 saturated heterocycles. The number of rotatable bonds is 2. The van der Waals surface area contributed by atoms with E-state index in [4.69, 9.17) is 4.74 Å². The maximum absolute atomic E-state index is 11.4. The summed E-state index contributed by atoms with van der Waals surface area (Å²) in [5.74, 6) is 0.551. The monoisotopic (exact) mass is 292 g/mol. The summed E-state index contributed by atoms with van der Waals surface area (Å²) in [7, 11) is 0. The van der Waals surface area contributed by atoms with Crippen molar-refractivity contribution in [1.82, 2.24) is 0 Å². The van der Waals surface area contributed by atoms with Crippen LogP contribution in [0.4, 0.5) is 0 Å². The molecule has 0 unspecified atom stereocenters. The normalized spacial score (nSPS) is 12.4. The molecule has 0 fully saturated rings. The number of aromatic hydroxyl groups is 1. The van der Waals surface area contributed by atoms with Gasteiger partial charge in [0.05, 0.1) is 0 Å². The lowest BCUT2D eigenvalue weighted by molar-refractivity contribution is -0.131. The molecular formula is C18H28O3. The number of benzene rings is 1. The second-order valence-electron chi connectivity index (χ2n) is 7.57. The average Bonchev–Trinajstić information content (AvgIpc) is 2.26. The van der Waals surface area contributed by atoms with Crippen molar-refractivity contribution in [1.29, 1.82) is 0 Å². The lowest BCUT2D eigenvalue weighted by atomic mass is 9.76. The van der Waals surface area contributed by atoms with Crippen LogP contribution in [0.3, 0.4) is 0 Å². The number of carbonyl (C=O) groups is 1. The molecule has 0 radical (unpaired) electrons. The quantitative estimate of drug-likeness (QED) is 0.646. The van der Waals surface area contributed by atoms with Gasteiger partial charge >= 0.3 is 5.97 Å². The standard InChI is InChI=1S/C18H28O3/c1-9-12-14(21-11(2)19)10-13(17(3,4)5)16(20)15(12)18(6,7)8/h10,20H,9H2,1-8H3. The number of ether oxygens (including phenoxy) is 1. The summed E-state index contributed by atoms with van der Waals surface area (Å²) in [6.07, 6.45) is 0.702. The fourth-order valence-corrected chi connectivity index (χ4v) is 2.66. The number of hydrogen-bond donors (Lipinski definition) is 1. The zero-order valence-electron chi connectivity index (χ0n) is 14.5. The number of phenolic OH excluding ortho intramolecular Hbond substituents is 1. The molecule has 0 amide bonds. The van der Waals surface area contributed by atoms with E-state index in [1.807, 2.05) is 33.8 Å². The molecule has 1 N–H and O–H groups in total. The number of carbonyl (C=O) groups excluding carboxylic acids is 1. The number of phenols is 1. The van der Waals surface area contributed by atoms with Crippen LogP contribution < -0.4 is 4.74 Å². The highest BCUT2D eigenvalue weighted by Gasteiger charge is 2.30. The van der Waals surface area contributed by atoms with Gasteiger partial charge in [0.25, 0.3) is 0 Å². The van der Waals surface area contributed by atoms with E-state index in [9.17, 15) is 9.90 Å². The van der Waals surface area contributed by atoms with Crippen molar-refractivity contribution < 1.29 is 14.6 Å². The van der Waals surface area contributed by atoms with Crippen LogP contribution in [0.2, 0.25) is 0 Å². The third-order valence-electron chi connectivity index (χ3n) is 3.53. The fourth-order valence-electron chi connectivity index (χ4n) is 2.66. The van der Waals surface area contributed by atoms with Crippen molar-refractivity contribution in [3.05, 3.63) is 22.8 Å². The molecule has 1 rings (SSSR count). The number of hydrogen-bond acceptors (Lipinski definition) is 3. The van der Waals surface area contributed by atoms with Crippen LogP contribution in [0.15, 0.2) is 6.07 Å². The third-order valence-corrected chi connectivity index (χ3v) is 3.53. The topological polar surface area (TPSA) is 46.5 Å². The van der Waals surface area contributed by atoms with Gasteiger partial charge in [-0.1, -0.05) is 48.5 Å². The molecule has 0 aliphatic rings. The second-order valence-corrected chi connectivity index (χ2v) is 7.57. The first-order valence-corrected chi connectivity index (χ1v) is 7.47. The van der Waals surface area contributed by atoms with Gasteiger partial charge in [-0.05, 0) is 23.3 Å².